The topological polar surface area (TPSA) is 20.3 Å². The standard InChI is InChI=1S/C19H21NOS/c1-3-12-20(13-4-2)19(21)15-22-14-17-10-7-9-16-8-5-6-11-18(16)17/h3-11H,1-2,12-15H2. The predicted octanol–water partition coefficient (Wildman–Crippen LogP) is 4.27. The molecule has 0 saturated heterocycles. The van der Waals surface area contributed by atoms with Crippen LogP contribution in [-0.2, 0) is 10.5 Å². The fourth-order valence-corrected chi connectivity index (χ4v) is 3.28. The minimum Gasteiger partial charge on any atom is -0.335 e. The maximum atomic E-state index is 12.2. The number of carbonyl (C=O) groups is 1. The van der Waals surface area contributed by atoms with E-state index in [0.29, 0.717) is 18.8 Å². The molecule has 0 saturated carbocycles. The first kappa shape index (κ1) is 16.4. The molecule has 0 unspecified atom stereocenters. The van der Waals surface area contributed by atoms with E-state index in [2.05, 4.69) is 49.6 Å². The van der Waals surface area contributed by atoms with Gasteiger partial charge in [0.2, 0.25) is 5.91 Å². The number of fused-ring (bicyclic) bond motifs is 1. The zero-order chi connectivity index (χ0) is 15.8. The molecule has 0 spiro atoms. The van der Waals surface area contributed by atoms with Crippen molar-refractivity contribution in [3.8, 4) is 0 Å². The molecule has 0 aromatic heterocycles. The molecule has 3 heteroatoms. The van der Waals surface area contributed by atoms with Gasteiger partial charge < -0.3 is 4.90 Å². The van der Waals surface area contributed by atoms with Crippen molar-refractivity contribution in [3.05, 3.63) is 73.3 Å². The lowest BCUT2D eigenvalue weighted by Gasteiger charge is -2.19. The Hall–Kier alpha value is -2.00. The van der Waals surface area contributed by atoms with Gasteiger partial charge in [0.25, 0.3) is 0 Å². The maximum absolute atomic E-state index is 12.2. The van der Waals surface area contributed by atoms with Crippen LogP contribution in [0.15, 0.2) is 67.8 Å². The quantitative estimate of drug-likeness (QED) is 0.678. The van der Waals surface area contributed by atoms with Gasteiger partial charge in [-0.05, 0) is 16.3 Å². The van der Waals surface area contributed by atoms with Crippen LogP contribution in [0, 0.1) is 0 Å². The number of benzene rings is 2. The molecule has 0 atom stereocenters. The summed E-state index contributed by atoms with van der Waals surface area (Å²) in [5, 5.41) is 2.51. The van der Waals surface area contributed by atoms with Gasteiger partial charge in [-0.1, -0.05) is 54.6 Å². The van der Waals surface area contributed by atoms with Crippen LogP contribution >= 0.6 is 11.8 Å². The lowest BCUT2D eigenvalue weighted by Crippen LogP contribution is -2.32. The molecule has 0 radical (unpaired) electrons. The second-order valence-electron chi connectivity index (χ2n) is 5.01. The van der Waals surface area contributed by atoms with E-state index in [0.717, 1.165) is 5.75 Å². The molecule has 2 nitrogen and oxygen atoms in total. The summed E-state index contributed by atoms with van der Waals surface area (Å²) in [6, 6.07) is 14.7. The highest BCUT2D eigenvalue weighted by atomic mass is 32.2. The molecule has 0 N–H and O–H groups in total. The summed E-state index contributed by atoms with van der Waals surface area (Å²) in [5.74, 6) is 1.44. The van der Waals surface area contributed by atoms with E-state index in [9.17, 15) is 4.79 Å². The smallest absolute Gasteiger partial charge is 0.233 e. The van der Waals surface area contributed by atoms with Gasteiger partial charge in [0.05, 0.1) is 5.75 Å². The number of hydrogen-bond acceptors (Lipinski definition) is 2. The van der Waals surface area contributed by atoms with Crippen LogP contribution in [0.1, 0.15) is 5.56 Å². The number of amides is 1. The van der Waals surface area contributed by atoms with Crippen molar-refractivity contribution < 1.29 is 4.79 Å². The Bertz CT molecular complexity index is 650. The highest BCUT2D eigenvalue weighted by molar-refractivity contribution is 7.99. The van der Waals surface area contributed by atoms with Crippen LogP contribution in [0.3, 0.4) is 0 Å². The average Bonchev–Trinajstić information content (AvgIpc) is 2.55. The molecule has 2 aromatic rings. The SMILES string of the molecule is C=CCN(CC=C)C(=O)CSCc1cccc2ccccc12. The number of carbonyl (C=O) groups excluding carboxylic acids is 1. The summed E-state index contributed by atoms with van der Waals surface area (Å²) in [6.45, 7) is 8.52. The van der Waals surface area contributed by atoms with E-state index < -0.39 is 0 Å². The Morgan fingerprint density at radius 3 is 2.45 bits per heavy atom. The number of hydrogen-bond donors (Lipinski definition) is 0. The summed E-state index contributed by atoms with van der Waals surface area (Å²) in [4.78, 5) is 13.9. The molecular weight excluding hydrogens is 290 g/mol. The van der Waals surface area contributed by atoms with E-state index in [1.54, 1.807) is 28.8 Å². The van der Waals surface area contributed by atoms with Gasteiger partial charge in [0.15, 0.2) is 0 Å². The van der Waals surface area contributed by atoms with Gasteiger partial charge in [-0.3, -0.25) is 4.79 Å². The average molecular weight is 311 g/mol. The Kier molecular flexibility index (Phi) is 6.28. The van der Waals surface area contributed by atoms with E-state index in [4.69, 9.17) is 0 Å². The number of nitrogens with zero attached hydrogens (tertiary/aromatic N) is 1. The molecule has 2 aromatic carbocycles. The van der Waals surface area contributed by atoms with Crippen molar-refractivity contribution >= 4 is 28.4 Å². The first-order chi connectivity index (χ1) is 10.8. The monoisotopic (exact) mass is 311 g/mol. The van der Waals surface area contributed by atoms with Crippen LogP contribution in [0.25, 0.3) is 10.8 Å². The molecule has 0 heterocycles. The van der Waals surface area contributed by atoms with Gasteiger partial charge in [-0.2, -0.15) is 0 Å². The third kappa shape index (κ3) is 4.25. The summed E-state index contributed by atoms with van der Waals surface area (Å²) in [6.07, 6.45) is 3.49. The van der Waals surface area contributed by atoms with Crippen LogP contribution in [-0.4, -0.2) is 29.6 Å². The summed E-state index contributed by atoms with van der Waals surface area (Å²) in [7, 11) is 0. The van der Waals surface area contributed by atoms with Crippen molar-refractivity contribution in [1.82, 2.24) is 4.90 Å². The fraction of sp³-hybridized carbons (Fsp3) is 0.211. The Morgan fingerprint density at radius 2 is 1.73 bits per heavy atom. The highest BCUT2D eigenvalue weighted by Gasteiger charge is 2.10. The molecule has 114 valence electrons. The molecule has 2 rings (SSSR count). The molecule has 22 heavy (non-hydrogen) atoms. The van der Waals surface area contributed by atoms with Gasteiger partial charge >= 0.3 is 0 Å². The molecule has 0 aliphatic rings. The van der Waals surface area contributed by atoms with Crippen molar-refractivity contribution in [3.63, 3.8) is 0 Å². The van der Waals surface area contributed by atoms with Gasteiger partial charge in [-0.25, -0.2) is 0 Å². The maximum Gasteiger partial charge on any atom is 0.233 e. The number of rotatable bonds is 8. The first-order valence-electron chi connectivity index (χ1n) is 7.30. The van der Waals surface area contributed by atoms with Crippen molar-refractivity contribution in [2.45, 2.75) is 5.75 Å². The van der Waals surface area contributed by atoms with Gasteiger partial charge in [0.1, 0.15) is 0 Å². The van der Waals surface area contributed by atoms with E-state index >= 15 is 0 Å². The van der Waals surface area contributed by atoms with Crippen molar-refractivity contribution in [1.29, 1.82) is 0 Å². The third-order valence-electron chi connectivity index (χ3n) is 3.41. The van der Waals surface area contributed by atoms with Crippen molar-refractivity contribution in [2.75, 3.05) is 18.8 Å². The van der Waals surface area contributed by atoms with Gasteiger partial charge in [-0.15, -0.1) is 24.9 Å². The van der Waals surface area contributed by atoms with Crippen LogP contribution in [0.4, 0.5) is 0 Å². The summed E-state index contributed by atoms with van der Waals surface area (Å²) in [5.41, 5.74) is 1.27. The second-order valence-corrected chi connectivity index (χ2v) is 5.99. The molecule has 1 amide bonds. The second kappa shape index (κ2) is 8.44. The molecule has 0 fully saturated rings. The predicted molar refractivity (Wildman–Crippen MR) is 97.1 cm³/mol. The highest BCUT2D eigenvalue weighted by Crippen LogP contribution is 2.22. The normalized spacial score (nSPS) is 10.4. The fourth-order valence-electron chi connectivity index (χ4n) is 2.35. The molecule has 0 bridgehead atoms. The molecule has 0 aliphatic heterocycles. The van der Waals surface area contributed by atoms with Crippen LogP contribution in [0.5, 0.6) is 0 Å². The first-order valence-corrected chi connectivity index (χ1v) is 8.45. The Labute approximate surface area is 136 Å². The Morgan fingerprint density at radius 1 is 1.05 bits per heavy atom. The van der Waals surface area contributed by atoms with Crippen molar-refractivity contribution in [2.24, 2.45) is 0 Å². The Balaban J connectivity index is 1.96. The molecular formula is C19H21NOS. The number of thioether (sulfide) groups is 1. The van der Waals surface area contributed by atoms with Crippen LogP contribution in [0.2, 0.25) is 0 Å². The van der Waals surface area contributed by atoms with Gasteiger partial charge in [0, 0.05) is 18.8 Å². The lowest BCUT2D eigenvalue weighted by atomic mass is 10.1. The minimum absolute atomic E-state index is 0.130. The summed E-state index contributed by atoms with van der Waals surface area (Å²) < 4.78 is 0. The zero-order valence-corrected chi connectivity index (χ0v) is 13.5. The summed E-state index contributed by atoms with van der Waals surface area (Å²) >= 11 is 1.65. The largest absolute Gasteiger partial charge is 0.335 e. The lowest BCUT2D eigenvalue weighted by molar-refractivity contribution is -0.127. The van der Waals surface area contributed by atoms with E-state index in [1.165, 1.54) is 16.3 Å². The minimum atomic E-state index is 0.130. The van der Waals surface area contributed by atoms with Crippen LogP contribution < -0.4 is 0 Å². The molecule has 0 aliphatic carbocycles. The zero-order valence-electron chi connectivity index (χ0n) is 12.7. The third-order valence-corrected chi connectivity index (χ3v) is 4.38. The van der Waals surface area contributed by atoms with E-state index in [1.807, 2.05) is 6.07 Å². The van der Waals surface area contributed by atoms with E-state index in [-0.39, 0.29) is 5.91 Å².